The summed E-state index contributed by atoms with van der Waals surface area (Å²) in [5, 5.41) is 0. The molecule has 0 aliphatic heterocycles. The minimum absolute atomic E-state index is 0.0836. The fraction of sp³-hybridized carbons (Fsp3) is 0.609. The Kier molecular flexibility index (Phi) is 12.7. The first-order valence-corrected chi connectivity index (χ1v) is 18.7. The summed E-state index contributed by atoms with van der Waals surface area (Å²) in [6, 6.07) is 0.0836. The number of allylic oxidation sites excluding steroid dienone is 1. The topological polar surface area (TPSA) is 26.3 Å². The van der Waals surface area contributed by atoms with E-state index in [0.717, 1.165) is 0 Å². The zero-order valence-corrected chi connectivity index (χ0v) is 21.2. The fourth-order valence-corrected chi connectivity index (χ4v) is 18.1. The number of esters is 1. The van der Waals surface area contributed by atoms with Crippen LogP contribution in [0.5, 0.6) is 5.75 Å². The molecule has 170 valence electrons. The molecule has 30 heavy (non-hydrogen) atoms. The van der Waals surface area contributed by atoms with E-state index in [2.05, 4.69) is 29.6 Å². The Balaban J connectivity index is 2.78. The van der Waals surface area contributed by atoms with Crippen molar-refractivity contribution in [3.8, 4) is 5.75 Å². The summed E-state index contributed by atoms with van der Waals surface area (Å²) in [5.74, 6) is -8.84. The standard InChI is InChI=1S/C11H7F4O2.3C4H9.Sn/c1-2-3-4-8(16)17-11-9(14)6(12)5-7(13)10(11)15;3*1-3-4-2;/h1-2,5H,3-4H2;3*1,3-4H2,2H3;. The van der Waals surface area contributed by atoms with Crippen molar-refractivity contribution in [1.82, 2.24) is 0 Å². The minimum atomic E-state index is -2.45. The Bertz CT molecular complexity index is 659. The molecule has 7 heteroatoms. The molecule has 0 N–H and O–H groups in total. The molecule has 2 nitrogen and oxygen atoms in total. The van der Waals surface area contributed by atoms with Crippen LogP contribution in [0.2, 0.25) is 13.3 Å². The zero-order chi connectivity index (χ0) is 22.6. The average molecular weight is 537 g/mol. The van der Waals surface area contributed by atoms with Crippen LogP contribution in [0.1, 0.15) is 72.1 Å². The maximum atomic E-state index is 13.6. The first-order valence-electron chi connectivity index (χ1n) is 11.0. The van der Waals surface area contributed by atoms with Gasteiger partial charge in [-0.1, -0.05) is 0 Å². The maximum absolute atomic E-state index is 13.6. The van der Waals surface area contributed by atoms with E-state index in [-0.39, 0.29) is 12.5 Å². The predicted molar refractivity (Wildman–Crippen MR) is 115 cm³/mol. The molecule has 0 saturated carbocycles. The van der Waals surface area contributed by atoms with Gasteiger partial charge in [0.15, 0.2) is 0 Å². The van der Waals surface area contributed by atoms with Crippen LogP contribution in [0.15, 0.2) is 16.2 Å². The number of halogens is 4. The van der Waals surface area contributed by atoms with E-state index in [9.17, 15) is 22.4 Å². The molecule has 0 bridgehead atoms. The number of hydrogen-bond acceptors (Lipinski definition) is 2. The second-order valence-electron chi connectivity index (χ2n) is 7.89. The van der Waals surface area contributed by atoms with E-state index >= 15 is 0 Å². The third-order valence-electron chi connectivity index (χ3n) is 5.36. The predicted octanol–water partition coefficient (Wildman–Crippen LogP) is 7.87. The molecule has 1 aromatic carbocycles. The van der Waals surface area contributed by atoms with E-state index in [4.69, 9.17) is 0 Å². The van der Waals surface area contributed by atoms with Gasteiger partial charge in [0.25, 0.3) is 0 Å². The average Bonchev–Trinajstić information content (AvgIpc) is 2.73. The molecule has 0 atom stereocenters. The normalized spacial score (nSPS) is 12.0. The van der Waals surface area contributed by atoms with Gasteiger partial charge in [-0.3, -0.25) is 0 Å². The van der Waals surface area contributed by atoms with Gasteiger partial charge in [0.2, 0.25) is 0 Å². The summed E-state index contributed by atoms with van der Waals surface area (Å²) in [5.41, 5.74) is 0. The van der Waals surface area contributed by atoms with Crippen LogP contribution in [-0.4, -0.2) is 24.3 Å². The molecule has 0 unspecified atom stereocenters. The Morgan fingerprint density at radius 3 is 1.80 bits per heavy atom. The summed E-state index contributed by atoms with van der Waals surface area (Å²) in [6.07, 6.45) is 9.44. The summed E-state index contributed by atoms with van der Waals surface area (Å²) in [4.78, 5) is 12.0. The molecule has 0 saturated heterocycles. The molecule has 0 amide bonds. The van der Waals surface area contributed by atoms with Crippen molar-refractivity contribution in [2.45, 2.75) is 85.4 Å². The molecule has 0 radical (unpaired) electrons. The number of carbonyl (C=O) groups is 1. The molecule has 0 aliphatic carbocycles. The van der Waals surface area contributed by atoms with Gasteiger partial charge in [-0.2, -0.15) is 0 Å². The van der Waals surface area contributed by atoms with Gasteiger partial charge in [-0.15, -0.1) is 0 Å². The molecule has 0 aromatic heterocycles. The summed E-state index contributed by atoms with van der Waals surface area (Å²) >= 11 is -2.45. The van der Waals surface area contributed by atoms with Gasteiger partial charge >= 0.3 is 182 Å². The van der Waals surface area contributed by atoms with E-state index in [1.165, 1.54) is 51.8 Å². The van der Waals surface area contributed by atoms with Crippen molar-refractivity contribution < 1.29 is 27.1 Å². The zero-order valence-electron chi connectivity index (χ0n) is 18.3. The van der Waals surface area contributed by atoms with Crippen LogP contribution >= 0.6 is 0 Å². The fourth-order valence-electron chi connectivity index (χ4n) is 3.55. The number of benzene rings is 1. The molecular formula is C23H34F4O2Sn. The third-order valence-corrected chi connectivity index (χ3v) is 19.6. The number of ether oxygens (including phenoxy) is 1. The van der Waals surface area contributed by atoms with Crippen molar-refractivity contribution >= 4 is 24.3 Å². The molecule has 0 spiro atoms. The first-order chi connectivity index (χ1) is 14.3. The summed E-state index contributed by atoms with van der Waals surface area (Å²) in [6.45, 7) is 6.59. The Hall–Kier alpha value is -1.05. The van der Waals surface area contributed by atoms with Crippen molar-refractivity contribution in [1.29, 1.82) is 0 Å². The second kappa shape index (κ2) is 14.1. The molecular weight excluding hydrogens is 503 g/mol. The van der Waals surface area contributed by atoms with E-state index in [1.807, 2.05) is 6.08 Å². The van der Waals surface area contributed by atoms with Crippen LogP contribution in [0.3, 0.4) is 0 Å². The Labute approximate surface area is 182 Å². The molecule has 1 rings (SSSR count). The summed E-state index contributed by atoms with van der Waals surface area (Å²) < 4.78 is 64.6. The van der Waals surface area contributed by atoms with Crippen molar-refractivity contribution in [2.75, 3.05) is 0 Å². The van der Waals surface area contributed by atoms with Crippen molar-refractivity contribution in [2.24, 2.45) is 0 Å². The van der Waals surface area contributed by atoms with E-state index < -0.39 is 53.4 Å². The molecule has 1 aromatic rings. The number of rotatable bonds is 14. The van der Waals surface area contributed by atoms with Gasteiger partial charge in [0, 0.05) is 0 Å². The van der Waals surface area contributed by atoms with Crippen LogP contribution in [0.25, 0.3) is 0 Å². The van der Waals surface area contributed by atoms with E-state index in [0.29, 0.717) is 6.42 Å². The van der Waals surface area contributed by atoms with Crippen molar-refractivity contribution in [3.63, 3.8) is 0 Å². The van der Waals surface area contributed by atoms with Crippen LogP contribution in [-0.2, 0) is 4.79 Å². The van der Waals surface area contributed by atoms with Crippen molar-refractivity contribution in [3.05, 3.63) is 39.5 Å². The summed E-state index contributed by atoms with van der Waals surface area (Å²) in [7, 11) is 0. The quantitative estimate of drug-likeness (QED) is 0.0794. The molecule has 0 aliphatic rings. The van der Waals surface area contributed by atoms with Gasteiger partial charge in [0.1, 0.15) is 0 Å². The van der Waals surface area contributed by atoms with Crippen LogP contribution in [0.4, 0.5) is 17.6 Å². The molecule has 0 heterocycles. The monoisotopic (exact) mass is 538 g/mol. The number of unbranched alkanes of at least 4 members (excludes halogenated alkanes) is 3. The van der Waals surface area contributed by atoms with Gasteiger partial charge in [0.05, 0.1) is 0 Å². The number of carbonyl (C=O) groups excluding carboxylic acids is 1. The van der Waals surface area contributed by atoms with Crippen LogP contribution < -0.4 is 4.74 Å². The second-order valence-corrected chi connectivity index (χ2v) is 20.9. The van der Waals surface area contributed by atoms with Crippen LogP contribution in [0, 0.1) is 23.3 Å². The molecule has 0 fully saturated rings. The Morgan fingerprint density at radius 1 is 0.900 bits per heavy atom. The Morgan fingerprint density at radius 2 is 1.37 bits per heavy atom. The van der Waals surface area contributed by atoms with Gasteiger partial charge in [-0.05, 0) is 0 Å². The first kappa shape index (κ1) is 27.0. The van der Waals surface area contributed by atoms with E-state index in [1.54, 1.807) is 0 Å². The van der Waals surface area contributed by atoms with Gasteiger partial charge in [-0.25, -0.2) is 0 Å². The number of hydrogen-bond donors (Lipinski definition) is 0. The SMILES string of the molecule is CCC[CH2][Sn](/[CH]=C/CCC(=O)Oc1c(F)c(F)cc(F)c1F)([CH2]CCC)[CH2]CCC. The van der Waals surface area contributed by atoms with Gasteiger partial charge < -0.3 is 0 Å². The third kappa shape index (κ3) is 8.59.